The van der Waals surface area contributed by atoms with Gasteiger partial charge in [0.1, 0.15) is 11.6 Å². The van der Waals surface area contributed by atoms with Crippen molar-refractivity contribution in [3.63, 3.8) is 0 Å². The Morgan fingerprint density at radius 1 is 1.14 bits per heavy atom. The molecule has 1 aliphatic carbocycles. The highest BCUT2D eigenvalue weighted by atomic mass is 32.2. The van der Waals surface area contributed by atoms with Gasteiger partial charge in [0.2, 0.25) is 0 Å². The highest BCUT2D eigenvalue weighted by Crippen LogP contribution is 2.41. The predicted octanol–water partition coefficient (Wildman–Crippen LogP) is 0.109. The maximum Gasteiger partial charge on any atom is 0.282 e. The number of fused-ring (bicyclic) bond motifs is 1. The van der Waals surface area contributed by atoms with E-state index >= 15 is 0 Å². The Morgan fingerprint density at radius 3 is 2.55 bits per heavy atom. The molecule has 0 aromatic carbocycles. The minimum atomic E-state index is -3.45. The van der Waals surface area contributed by atoms with Crippen molar-refractivity contribution in [1.29, 1.82) is 0 Å². The zero-order valence-electron chi connectivity index (χ0n) is 12.7. The summed E-state index contributed by atoms with van der Waals surface area (Å²) in [7, 11) is -3.45. The number of aromatic nitrogens is 3. The third-order valence-corrected chi connectivity index (χ3v) is 6.53. The Hall–Kier alpha value is -1.03. The van der Waals surface area contributed by atoms with Gasteiger partial charge in [-0.3, -0.25) is 0 Å². The van der Waals surface area contributed by atoms with E-state index in [0.717, 1.165) is 11.6 Å². The monoisotopic (exact) mass is 327 g/mol. The van der Waals surface area contributed by atoms with Crippen molar-refractivity contribution < 1.29 is 13.2 Å². The molecule has 2 fully saturated rings. The van der Waals surface area contributed by atoms with Gasteiger partial charge in [-0.2, -0.15) is 17.0 Å². The minimum absolute atomic E-state index is 0.0742. The molecule has 1 aromatic rings. The van der Waals surface area contributed by atoms with Crippen LogP contribution in [0, 0.1) is 0 Å². The second kappa shape index (κ2) is 5.26. The Morgan fingerprint density at radius 2 is 1.86 bits per heavy atom. The zero-order chi connectivity index (χ0) is 15.3. The van der Waals surface area contributed by atoms with E-state index < -0.39 is 10.2 Å². The van der Waals surface area contributed by atoms with Crippen LogP contribution in [0.2, 0.25) is 0 Å². The summed E-state index contributed by atoms with van der Waals surface area (Å²) in [6.45, 7) is 4.60. The highest BCUT2D eigenvalue weighted by molar-refractivity contribution is 7.86. The molecule has 122 valence electrons. The number of hydrogen-bond donors (Lipinski definition) is 0. The summed E-state index contributed by atoms with van der Waals surface area (Å²) in [6, 6.07) is 0.0742. The van der Waals surface area contributed by atoms with Crippen LogP contribution >= 0.6 is 0 Å². The fourth-order valence-corrected chi connectivity index (χ4v) is 4.88. The molecule has 0 radical (unpaired) electrons. The maximum atomic E-state index is 12.8. The van der Waals surface area contributed by atoms with E-state index in [2.05, 4.69) is 14.8 Å². The molecule has 0 unspecified atom stereocenters. The summed E-state index contributed by atoms with van der Waals surface area (Å²) in [4.78, 5) is 0. The lowest BCUT2D eigenvalue weighted by atomic mass is 10.2. The standard InChI is InChI=1S/C13H21N5O3S/c1-10-8-17(22(19,20)16-4-6-21-7-5-16)9-12-14-15-13(18(10)12)11-2-3-11/h10-11H,2-9H2,1H3/t10-/m0/s1. The lowest BCUT2D eigenvalue weighted by Gasteiger charge is -2.36. The minimum Gasteiger partial charge on any atom is -0.379 e. The molecule has 4 rings (SSSR count). The van der Waals surface area contributed by atoms with Crippen LogP contribution < -0.4 is 0 Å². The molecular formula is C13H21N5O3S. The second-order valence-electron chi connectivity index (χ2n) is 6.28. The van der Waals surface area contributed by atoms with Crippen molar-refractivity contribution in [2.24, 2.45) is 0 Å². The highest BCUT2D eigenvalue weighted by Gasteiger charge is 2.39. The van der Waals surface area contributed by atoms with Gasteiger partial charge in [0.25, 0.3) is 10.2 Å². The average Bonchev–Trinajstić information content (AvgIpc) is 3.27. The van der Waals surface area contributed by atoms with Gasteiger partial charge in [-0.15, -0.1) is 10.2 Å². The fourth-order valence-electron chi connectivity index (χ4n) is 3.26. The normalized spacial score (nSPS) is 27.8. The first-order chi connectivity index (χ1) is 10.6. The molecule has 0 N–H and O–H groups in total. The number of ether oxygens (including phenoxy) is 1. The first-order valence-corrected chi connectivity index (χ1v) is 9.23. The first-order valence-electron chi connectivity index (χ1n) is 7.84. The summed E-state index contributed by atoms with van der Waals surface area (Å²) < 4.78 is 36.0. The second-order valence-corrected chi connectivity index (χ2v) is 8.21. The van der Waals surface area contributed by atoms with Crippen LogP contribution in [0.15, 0.2) is 0 Å². The summed E-state index contributed by atoms with van der Waals surface area (Å²) in [5.74, 6) is 2.31. The van der Waals surface area contributed by atoms with Crippen molar-refractivity contribution in [2.45, 2.75) is 38.3 Å². The van der Waals surface area contributed by atoms with Crippen molar-refractivity contribution in [3.05, 3.63) is 11.6 Å². The number of nitrogens with zero attached hydrogens (tertiary/aromatic N) is 5. The Balaban J connectivity index is 1.59. The lowest BCUT2D eigenvalue weighted by molar-refractivity contribution is 0.0692. The topological polar surface area (TPSA) is 80.6 Å². The van der Waals surface area contributed by atoms with Gasteiger partial charge in [-0.05, 0) is 19.8 Å². The summed E-state index contributed by atoms with van der Waals surface area (Å²) in [5.41, 5.74) is 0. The van der Waals surface area contributed by atoms with Gasteiger partial charge in [0.05, 0.1) is 19.8 Å². The van der Waals surface area contributed by atoms with E-state index in [9.17, 15) is 8.42 Å². The Bertz CT molecular complexity index is 663. The molecule has 3 aliphatic rings. The van der Waals surface area contributed by atoms with Gasteiger partial charge < -0.3 is 9.30 Å². The molecule has 1 atom stereocenters. The zero-order valence-corrected chi connectivity index (χ0v) is 13.5. The van der Waals surface area contributed by atoms with E-state index in [1.807, 2.05) is 6.92 Å². The lowest BCUT2D eigenvalue weighted by Crippen LogP contribution is -2.51. The molecule has 0 amide bonds. The molecule has 9 heteroatoms. The third kappa shape index (κ3) is 2.36. The molecule has 2 aliphatic heterocycles. The van der Waals surface area contributed by atoms with Crippen molar-refractivity contribution in [3.8, 4) is 0 Å². The third-order valence-electron chi connectivity index (χ3n) is 4.58. The van der Waals surface area contributed by atoms with Crippen LogP contribution in [0.3, 0.4) is 0 Å². The molecule has 1 aromatic heterocycles. The average molecular weight is 327 g/mol. The van der Waals surface area contributed by atoms with Crippen LogP contribution in [0.4, 0.5) is 0 Å². The van der Waals surface area contributed by atoms with Crippen LogP contribution in [0.5, 0.6) is 0 Å². The van der Waals surface area contributed by atoms with E-state index in [1.54, 1.807) is 0 Å². The number of morpholine rings is 1. The summed E-state index contributed by atoms with van der Waals surface area (Å²) in [6.07, 6.45) is 2.33. The van der Waals surface area contributed by atoms with E-state index in [0.29, 0.717) is 45.3 Å². The Kier molecular flexibility index (Phi) is 3.48. The van der Waals surface area contributed by atoms with Crippen LogP contribution in [0.1, 0.15) is 43.4 Å². The largest absolute Gasteiger partial charge is 0.379 e. The Labute approximate surface area is 130 Å². The molecule has 1 saturated heterocycles. The molecular weight excluding hydrogens is 306 g/mol. The molecule has 1 saturated carbocycles. The summed E-state index contributed by atoms with van der Waals surface area (Å²) in [5, 5.41) is 8.54. The number of hydrogen-bond acceptors (Lipinski definition) is 5. The first kappa shape index (κ1) is 14.6. The van der Waals surface area contributed by atoms with E-state index in [4.69, 9.17) is 4.74 Å². The van der Waals surface area contributed by atoms with Crippen LogP contribution in [-0.2, 0) is 21.5 Å². The van der Waals surface area contributed by atoms with Crippen LogP contribution in [0.25, 0.3) is 0 Å². The summed E-state index contributed by atoms with van der Waals surface area (Å²) >= 11 is 0. The predicted molar refractivity (Wildman–Crippen MR) is 78.4 cm³/mol. The SMILES string of the molecule is C[C@H]1CN(S(=O)(=O)N2CCOCC2)Cc2nnc(C3CC3)n21. The smallest absolute Gasteiger partial charge is 0.282 e. The van der Waals surface area contributed by atoms with Crippen molar-refractivity contribution in [2.75, 3.05) is 32.8 Å². The van der Waals surface area contributed by atoms with E-state index in [1.165, 1.54) is 21.5 Å². The quantitative estimate of drug-likeness (QED) is 0.787. The fraction of sp³-hybridized carbons (Fsp3) is 0.846. The molecule has 0 spiro atoms. The van der Waals surface area contributed by atoms with Crippen molar-refractivity contribution in [1.82, 2.24) is 23.4 Å². The van der Waals surface area contributed by atoms with Crippen molar-refractivity contribution >= 4 is 10.2 Å². The van der Waals surface area contributed by atoms with Gasteiger partial charge in [0, 0.05) is 31.6 Å². The van der Waals surface area contributed by atoms with Gasteiger partial charge in [-0.1, -0.05) is 0 Å². The van der Waals surface area contributed by atoms with Gasteiger partial charge in [0.15, 0.2) is 0 Å². The van der Waals surface area contributed by atoms with Crippen LogP contribution in [-0.4, -0.2) is 64.6 Å². The molecule has 8 nitrogen and oxygen atoms in total. The molecule has 3 heterocycles. The maximum absolute atomic E-state index is 12.8. The molecule has 0 bridgehead atoms. The number of rotatable bonds is 3. The van der Waals surface area contributed by atoms with E-state index in [-0.39, 0.29) is 6.04 Å². The van der Waals surface area contributed by atoms with Gasteiger partial charge in [-0.25, -0.2) is 0 Å². The molecule has 22 heavy (non-hydrogen) atoms. The van der Waals surface area contributed by atoms with Gasteiger partial charge >= 0.3 is 0 Å².